The lowest BCUT2D eigenvalue weighted by Crippen LogP contribution is -2.48. The van der Waals surface area contributed by atoms with E-state index in [1.807, 2.05) is 48.2 Å². The molecule has 16 heteroatoms. The van der Waals surface area contributed by atoms with Crippen LogP contribution in [-0.4, -0.2) is 76.9 Å². The van der Waals surface area contributed by atoms with Crippen molar-refractivity contribution in [3.8, 4) is 17.1 Å². The van der Waals surface area contributed by atoms with Crippen molar-refractivity contribution in [1.29, 1.82) is 0 Å². The second kappa shape index (κ2) is 19.6. The minimum absolute atomic E-state index is 0.0185. The predicted octanol–water partition coefficient (Wildman–Crippen LogP) is 8.09. The molecule has 3 aliphatic rings. The number of cyclic esters (lactones) is 1. The zero-order valence-corrected chi connectivity index (χ0v) is 37.3. The molecule has 8 rings (SSSR count). The summed E-state index contributed by atoms with van der Waals surface area (Å²) in [5.74, 6) is -0.986. The van der Waals surface area contributed by atoms with Crippen molar-refractivity contribution >= 4 is 40.3 Å². The van der Waals surface area contributed by atoms with E-state index < -0.39 is 23.0 Å². The van der Waals surface area contributed by atoms with E-state index in [1.165, 1.54) is 0 Å². The number of fused-ring (bicyclic) bond motifs is 5. The van der Waals surface area contributed by atoms with E-state index >= 15 is 0 Å². The summed E-state index contributed by atoms with van der Waals surface area (Å²) in [4.78, 5) is 64.3. The average molecular weight is 903 g/mol. The van der Waals surface area contributed by atoms with Gasteiger partial charge in [-0.25, -0.2) is 14.6 Å². The Morgan fingerprint density at radius 1 is 0.954 bits per heavy atom. The van der Waals surface area contributed by atoms with E-state index in [1.54, 1.807) is 47.9 Å². The van der Waals surface area contributed by atoms with E-state index in [9.17, 15) is 24.3 Å². The quantitative estimate of drug-likeness (QED) is 0.0233. The highest BCUT2D eigenvalue weighted by Gasteiger charge is 2.46. The van der Waals surface area contributed by atoms with Crippen molar-refractivity contribution in [2.24, 2.45) is 5.11 Å². The maximum atomic E-state index is 14.8. The summed E-state index contributed by atoms with van der Waals surface area (Å²) >= 11 is 6.27. The lowest BCUT2D eigenvalue weighted by atomic mass is 9.68. The van der Waals surface area contributed by atoms with Crippen molar-refractivity contribution in [3.05, 3.63) is 138 Å². The Bertz CT molecular complexity index is 2730. The highest BCUT2D eigenvalue weighted by Crippen LogP contribution is 2.43. The van der Waals surface area contributed by atoms with Crippen LogP contribution in [0.5, 0.6) is 5.75 Å². The van der Waals surface area contributed by atoms with Gasteiger partial charge in [0.25, 0.3) is 5.56 Å². The van der Waals surface area contributed by atoms with Crippen molar-refractivity contribution in [2.45, 2.75) is 89.5 Å². The van der Waals surface area contributed by atoms with Crippen LogP contribution < -0.4 is 10.3 Å². The number of nitrogens with zero attached hydrogens (tertiary/aromatic N) is 6. The molecular weight excluding hydrogens is 852 g/mol. The molecule has 0 bridgehead atoms. The number of amides is 1. The van der Waals surface area contributed by atoms with Crippen LogP contribution in [0.2, 0.25) is 5.02 Å². The number of aryl methyl sites for hydroxylation is 1. The van der Waals surface area contributed by atoms with Crippen LogP contribution in [0.4, 0.5) is 0 Å². The van der Waals surface area contributed by atoms with Gasteiger partial charge in [-0.2, -0.15) is 0 Å². The van der Waals surface area contributed by atoms with E-state index in [2.05, 4.69) is 10.0 Å². The number of rotatable bonds is 17. The third-order valence-electron chi connectivity index (χ3n) is 13.0. The van der Waals surface area contributed by atoms with Crippen LogP contribution in [0.1, 0.15) is 96.1 Å². The molecule has 3 aromatic carbocycles. The van der Waals surface area contributed by atoms with Crippen LogP contribution in [0.25, 0.3) is 32.7 Å². The van der Waals surface area contributed by atoms with Gasteiger partial charge in [-0.3, -0.25) is 9.59 Å². The number of carbonyl (C=O) groups excluding carboxylic acids is 3. The Kier molecular flexibility index (Phi) is 13.7. The molecule has 338 valence electrons. The minimum atomic E-state index is -1.92. The zero-order valence-electron chi connectivity index (χ0n) is 36.5. The molecule has 5 aromatic rings. The molecule has 1 atom stereocenters. The van der Waals surface area contributed by atoms with Gasteiger partial charge in [0.05, 0.1) is 66.4 Å². The second-order valence-corrected chi connectivity index (χ2v) is 17.1. The van der Waals surface area contributed by atoms with Gasteiger partial charge < -0.3 is 33.5 Å². The third kappa shape index (κ3) is 8.99. The summed E-state index contributed by atoms with van der Waals surface area (Å²) in [6.45, 7) is 5.81. The van der Waals surface area contributed by atoms with Crippen LogP contribution in [0.15, 0.2) is 82.7 Å². The van der Waals surface area contributed by atoms with Gasteiger partial charge >= 0.3 is 11.9 Å². The SMILES string of the molecule is CCc1c2c(nc3ccc(OC(=O)c4ccc(CN(CCOCCOCCN=[N+]=[N-])C(=O)C5(c6ccc(Cl)cc6)CCCCC5)cc4)cc13)-c1cc3c(c(=O)n1C2)COC(=O)[C@@]3(O)CC. The Morgan fingerprint density at radius 3 is 2.40 bits per heavy atom. The molecule has 65 heavy (non-hydrogen) atoms. The van der Waals surface area contributed by atoms with Gasteiger partial charge in [-0.05, 0) is 96.4 Å². The molecule has 2 aliphatic heterocycles. The van der Waals surface area contributed by atoms with Crippen molar-refractivity contribution in [1.82, 2.24) is 14.5 Å². The zero-order chi connectivity index (χ0) is 45.7. The Morgan fingerprint density at radius 2 is 1.69 bits per heavy atom. The summed E-state index contributed by atoms with van der Waals surface area (Å²) in [6.07, 6.45) is 5.02. The van der Waals surface area contributed by atoms with Crippen molar-refractivity contribution < 1.29 is 38.4 Å². The molecular formula is C49H51ClN6O9. The van der Waals surface area contributed by atoms with Crippen LogP contribution >= 0.6 is 11.6 Å². The van der Waals surface area contributed by atoms with Crippen LogP contribution in [-0.2, 0) is 60.9 Å². The molecule has 0 saturated heterocycles. The number of esters is 2. The number of azide groups is 1. The number of ether oxygens (including phenoxy) is 4. The van der Waals surface area contributed by atoms with Crippen molar-refractivity contribution in [3.63, 3.8) is 0 Å². The van der Waals surface area contributed by atoms with Gasteiger partial charge in [0.1, 0.15) is 12.4 Å². The first-order chi connectivity index (χ1) is 31.5. The standard InChI is InChI=1S/C49H51ClN6O9/c1-3-36-37-26-35(16-17-41(37)53-43-38(36)29-56-42(43)27-40-39(44(56)57)30-64-47(60)49(40,61)4-2)65-45(58)32-10-8-31(9-11-32)28-55(21-23-63-25-24-62-22-20-52-54-51)46(59)48(18-6-5-7-19-48)33-12-14-34(50)15-13-33/h8-17,26-27,61H,3-7,18-25,28-30H2,1-2H3/t49-/m1/s1. The lowest BCUT2D eigenvalue weighted by molar-refractivity contribution is -0.172. The van der Waals surface area contributed by atoms with Crippen LogP contribution in [0, 0.1) is 0 Å². The Balaban J connectivity index is 0.994. The fraction of sp³-hybridized carbons (Fsp3) is 0.408. The molecule has 0 radical (unpaired) electrons. The molecule has 1 aliphatic carbocycles. The normalized spacial score (nSPS) is 17.1. The Hall–Kier alpha value is -6.09. The molecule has 1 amide bonds. The molecule has 4 heterocycles. The average Bonchev–Trinajstić information content (AvgIpc) is 3.69. The number of halogens is 1. The largest absolute Gasteiger partial charge is 0.458 e. The molecule has 2 aromatic heterocycles. The summed E-state index contributed by atoms with van der Waals surface area (Å²) in [5.41, 5.74) is 11.7. The molecule has 1 saturated carbocycles. The number of aliphatic hydroxyl groups is 1. The van der Waals surface area contributed by atoms with E-state index in [-0.39, 0.29) is 55.3 Å². The maximum Gasteiger partial charge on any atom is 0.343 e. The van der Waals surface area contributed by atoms with E-state index in [0.29, 0.717) is 72.6 Å². The molecule has 1 fully saturated rings. The number of carbonyl (C=O) groups is 3. The number of benzene rings is 3. The van der Waals surface area contributed by atoms with Crippen LogP contribution in [0.3, 0.4) is 0 Å². The van der Waals surface area contributed by atoms with Gasteiger partial charge in [-0.1, -0.05) is 74.1 Å². The number of hydrogen-bond acceptors (Lipinski definition) is 11. The van der Waals surface area contributed by atoms with Gasteiger partial charge in [0, 0.05) is 46.1 Å². The second-order valence-electron chi connectivity index (χ2n) is 16.7. The first-order valence-corrected chi connectivity index (χ1v) is 22.5. The first-order valence-electron chi connectivity index (χ1n) is 22.2. The minimum Gasteiger partial charge on any atom is -0.458 e. The van der Waals surface area contributed by atoms with Gasteiger partial charge in [-0.15, -0.1) is 0 Å². The number of hydrogen-bond donors (Lipinski definition) is 1. The summed E-state index contributed by atoms with van der Waals surface area (Å²) in [5, 5.41) is 16.1. The molecule has 1 N–H and O–H groups in total. The van der Waals surface area contributed by atoms with E-state index in [0.717, 1.165) is 59.7 Å². The number of pyridine rings is 2. The highest BCUT2D eigenvalue weighted by molar-refractivity contribution is 6.30. The van der Waals surface area contributed by atoms with Crippen molar-refractivity contribution in [2.75, 3.05) is 39.5 Å². The van der Waals surface area contributed by atoms with Gasteiger partial charge in [0.2, 0.25) is 5.91 Å². The summed E-state index contributed by atoms with van der Waals surface area (Å²) < 4.78 is 24.1. The fourth-order valence-electron chi connectivity index (χ4n) is 9.49. The molecule has 15 nitrogen and oxygen atoms in total. The van der Waals surface area contributed by atoms with Gasteiger partial charge in [0.15, 0.2) is 5.60 Å². The maximum absolute atomic E-state index is 14.8. The third-order valence-corrected chi connectivity index (χ3v) is 13.2. The number of aromatic nitrogens is 2. The summed E-state index contributed by atoms with van der Waals surface area (Å²) in [6, 6.07) is 21.6. The van der Waals surface area contributed by atoms with E-state index in [4.69, 9.17) is 41.1 Å². The predicted molar refractivity (Wildman–Crippen MR) is 243 cm³/mol. The monoisotopic (exact) mass is 902 g/mol. The smallest absolute Gasteiger partial charge is 0.343 e. The highest BCUT2D eigenvalue weighted by atomic mass is 35.5. The molecule has 0 spiro atoms. The first kappa shape index (κ1) is 45.5. The lowest BCUT2D eigenvalue weighted by Gasteiger charge is -2.40. The topological polar surface area (TPSA) is 195 Å². The summed E-state index contributed by atoms with van der Waals surface area (Å²) in [7, 11) is 0. The molecule has 0 unspecified atom stereocenters. The fourth-order valence-corrected chi connectivity index (χ4v) is 9.62. The Labute approximate surface area is 380 Å².